The number of rotatable bonds is 3. The summed E-state index contributed by atoms with van der Waals surface area (Å²) in [4.78, 5) is 13.0. The molecular formula is C15H9BrO2S. The standard InChI is InChI=1S/C15H9BrO2S/c16-11-8-12(19-9-11)5-6-13(17)15-7-10-3-1-2-4-14(10)18-15/h1-9H/b6-5+. The number of hydrogen-bond acceptors (Lipinski definition) is 3. The molecule has 0 N–H and O–H groups in total. The fraction of sp³-hybridized carbons (Fsp3) is 0. The van der Waals surface area contributed by atoms with E-state index in [2.05, 4.69) is 15.9 Å². The number of ketones is 1. The number of allylic oxidation sites excluding steroid dienone is 1. The maximum absolute atomic E-state index is 12.0. The molecule has 2 aromatic heterocycles. The lowest BCUT2D eigenvalue weighted by atomic mass is 10.2. The highest BCUT2D eigenvalue weighted by Crippen LogP contribution is 2.22. The van der Waals surface area contributed by atoms with Gasteiger partial charge in [0.05, 0.1) is 0 Å². The summed E-state index contributed by atoms with van der Waals surface area (Å²) >= 11 is 4.96. The number of thiophene rings is 1. The first-order chi connectivity index (χ1) is 9.22. The van der Waals surface area contributed by atoms with Crippen LogP contribution < -0.4 is 0 Å². The highest BCUT2D eigenvalue weighted by molar-refractivity contribution is 9.10. The van der Waals surface area contributed by atoms with Crippen molar-refractivity contribution >= 4 is 50.1 Å². The molecule has 3 aromatic rings. The van der Waals surface area contributed by atoms with E-state index in [9.17, 15) is 4.79 Å². The average Bonchev–Trinajstić information content (AvgIpc) is 3.01. The zero-order valence-electron chi connectivity index (χ0n) is 9.80. The third-order valence-electron chi connectivity index (χ3n) is 2.66. The Balaban J connectivity index is 1.85. The fourth-order valence-electron chi connectivity index (χ4n) is 1.76. The van der Waals surface area contributed by atoms with Crippen molar-refractivity contribution in [2.45, 2.75) is 0 Å². The SMILES string of the molecule is O=C(/C=C/c1cc(Br)cs1)c1cc2ccccc2o1. The maximum atomic E-state index is 12.0. The van der Waals surface area contributed by atoms with E-state index in [0.717, 1.165) is 20.3 Å². The second-order valence-corrected chi connectivity index (χ2v) is 5.87. The minimum absolute atomic E-state index is 0.124. The molecule has 19 heavy (non-hydrogen) atoms. The number of benzene rings is 1. The predicted molar refractivity (Wildman–Crippen MR) is 81.6 cm³/mol. The van der Waals surface area contributed by atoms with Crippen LogP contribution in [-0.4, -0.2) is 5.78 Å². The largest absolute Gasteiger partial charge is 0.453 e. The van der Waals surface area contributed by atoms with Crippen LogP contribution in [0.4, 0.5) is 0 Å². The Hall–Kier alpha value is -1.65. The lowest BCUT2D eigenvalue weighted by Gasteiger charge is -1.87. The number of fused-ring (bicyclic) bond motifs is 1. The molecule has 0 unspecified atom stereocenters. The van der Waals surface area contributed by atoms with Crippen LogP contribution in [0.5, 0.6) is 0 Å². The third kappa shape index (κ3) is 2.69. The van der Waals surface area contributed by atoms with E-state index in [1.165, 1.54) is 6.08 Å². The lowest BCUT2D eigenvalue weighted by Crippen LogP contribution is -1.89. The molecule has 2 heterocycles. The highest BCUT2D eigenvalue weighted by atomic mass is 79.9. The van der Waals surface area contributed by atoms with Crippen LogP contribution in [0, 0.1) is 0 Å². The molecule has 0 aliphatic heterocycles. The van der Waals surface area contributed by atoms with Gasteiger partial charge in [0.15, 0.2) is 5.76 Å². The van der Waals surface area contributed by atoms with Crippen LogP contribution in [0.25, 0.3) is 17.0 Å². The number of carbonyl (C=O) groups excluding carboxylic acids is 1. The van der Waals surface area contributed by atoms with Crippen LogP contribution in [0.3, 0.4) is 0 Å². The Labute approximate surface area is 122 Å². The van der Waals surface area contributed by atoms with Gasteiger partial charge >= 0.3 is 0 Å². The van der Waals surface area contributed by atoms with Crippen molar-refractivity contribution in [3.63, 3.8) is 0 Å². The Morgan fingerprint density at radius 1 is 1.26 bits per heavy atom. The molecule has 1 aromatic carbocycles. The normalized spacial score (nSPS) is 11.4. The zero-order chi connectivity index (χ0) is 13.2. The van der Waals surface area contributed by atoms with E-state index in [-0.39, 0.29) is 5.78 Å². The smallest absolute Gasteiger partial charge is 0.221 e. The molecule has 3 rings (SSSR count). The zero-order valence-corrected chi connectivity index (χ0v) is 12.2. The van der Waals surface area contributed by atoms with Crippen molar-refractivity contribution in [1.29, 1.82) is 0 Å². The van der Waals surface area contributed by atoms with E-state index in [1.807, 2.05) is 35.7 Å². The summed E-state index contributed by atoms with van der Waals surface area (Å²) in [6, 6.07) is 11.3. The summed E-state index contributed by atoms with van der Waals surface area (Å²) < 4.78 is 6.54. The summed E-state index contributed by atoms with van der Waals surface area (Å²) in [6.45, 7) is 0. The van der Waals surface area contributed by atoms with Gasteiger partial charge < -0.3 is 4.42 Å². The molecule has 0 spiro atoms. The van der Waals surface area contributed by atoms with E-state index in [1.54, 1.807) is 23.5 Å². The molecule has 4 heteroatoms. The summed E-state index contributed by atoms with van der Waals surface area (Å²) in [5.74, 6) is 0.244. The first-order valence-electron chi connectivity index (χ1n) is 5.67. The van der Waals surface area contributed by atoms with E-state index < -0.39 is 0 Å². The molecule has 0 radical (unpaired) electrons. The van der Waals surface area contributed by atoms with Crippen molar-refractivity contribution in [3.8, 4) is 0 Å². The summed E-state index contributed by atoms with van der Waals surface area (Å²) in [7, 11) is 0. The number of para-hydroxylation sites is 1. The third-order valence-corrected chi connectivity index (χ3v) is 4.31. The Morgan fingerprint density at radius 3 is 2.84 bits per heavy atom. The van der Waals surface area contributed by atoms with Gasteiger partial charge in [-0.2, -0.15) is 0 Å². The molecule has 94 valence electrons. The molecular weight excluding hydrogens is 324 g/mol. The second-order valence-electron chi connectivity index (χ2n) is 4.01. The van der Waals surface area contributed by atoms with Crippen molar-refractivity contribution in [1.82, 2.24) is 0 Å². The molecule has 0 aliphatic carbocycles. The van der Waals surface area contributed by atoms with Gasteiger partial charge in [-0.3, -0.25) is 4.79 Å². The summed E-state index contributed by atoms with van der Waals surface area (Å²) in [5.41, 5.74) is 0.734. The first kappa shape index (κ1) is 12.4. The molecule has 0 saturated carbocycles. The number of hydrogen-bond donors (Lipinski definition) is 0. The Morgan fingerprint density at radius 2 is 2.11 bits per heavy atom. The van der Waals surface area contributed by atoms with Crippen molar-refractivity contribution in [3.05, 3.63) is 63.0 Å². The van der Waals surface area contributed by atoms with Crippen molar-refractivity contribution in [2.75, 3.05) is 0 Å². The molecule has 0 atom stereocenters. The Kier molecular flexibility index (Phi) is 3.36. The summed E-state index contributed by atoms with van der Waals surface area (Å²) in [5, 5.41) is 2.92. The van der Waals surface area contributed by atoms with Gasteiger partial charge in [-0.05, 0) is 46.3 Å². The van der Waals surface area contributed by atoms with Crippen molar-refractivity contribution in [2.24, 2.45) is 0 Å². The van der Waals surface area contributed by atoms with Gasteiger partial charge in [-0.15, -0.1) is 11.3 Å². The van der Waals surface area contributed by atoms with E-state index in [0.29, 0.717) is 5.76 Å². The summed E-state index contributed by atoms with van der Waals surface area (Å²) in [6.07, 6.45) is 3.33. The predicted octanol–water partition coefficient (Wildman–Crippen LogP) is 5.15. The number of halogens is 1. The van der Waals surface area contributed by atoms with Crippen LogP contribution in [-0.2, 0) is 0 Å². The van der Waals surface area contributed by atoms with Crippen LogP contribution in [0.2, 0.25) is 0 Å². The van der Waals surface area contributed by atoms with Crippen molar-refractivity contribution < 1.29 is 9.21 Å². The van der Waals surface area contributed by atoms with Gasteiger partial charge in [0.2, 0.25) is 5.78 Å². The average molecular weight is 333 g/mol. The van der Waals surface area contributed by atoms with E-state index in [4.69, 9.17) is 4.42 Å². The topological polar surface area (TPSA) is 30.2 Å². The lowest BCUT2D eigenvalue weighted by molar-refractivity contribution is 0.102. The molecule has 0 amide bonds. The van der Waals surface area contributed by atoms with Crippen LogP contribution >= 0.6 is 27.3 Å². The molecule has 0 fully saturated rings. The number of furan rings is 1. The van der Waals surface area contributed by atoms with Gasteiger partial charge in [-0.1, -0.05) is 18.2 Å². The monoisotopic (exact) mass is 332 g/mol. The minimum Gasteiger partial charge on any atom is -0.453 e. The molecule has 2 nitrogen and oxygen atoms in total. The molecule has 0 aliphatic rings. The van der Waals surface area contributed by atoms with E-state index >= 15 is 0 Å². The Bertz CT molecular complexity index is 734. The fourth-order valence-corrected chi connectivity index (χ4v) is 3.10. The van der Waals surface area contributed by atoms with Gasteiger partial charge in [-0.25, -0.2) is 0 Å². The maximum Gasteiger partial charge on any atom is 0.221 e. The molecule has 0 bridgehead atoms. The van der Waals surface area contributed by atoms with Crippen LogP contribution in [0.15, 0.2) is 56.7 Å². The number of carbonyl (C=O) groups is 1. The van der Waals surface area contributed by atoms with Gasteiger partial charge in [0.1, 0.15) is 5.58 Å². The first-order valence-corrected chi connectivity index (χ1v) is 7.35. The van der Waals surface area contributed by atoms with Crippen LogP contribution in [0.1, 0.15) is 15.4 Å². The second kappa shape index (κ2) is 5.15. The van der Waals surface area contributed by atoms with Gasteiger partial charge in [0.25, 0.3) is 0 Å². The molecule has 0 saturated heterocycles. The highest BCUT2D eigenvalue weighted by Gasteiger charge is 2.08. The quantitative estimate of drug-likeness (QED) is 0.490. The van der Waals surface area contributed by atoms with Gasteiger partial charge in [0, 0.05) is 20.1 Å². The minimum atomic E-state index is -0.124.